The summed E-state index contributed by atoms with van der Waals surface area (Å²) in [6.07, 6.45) is 3.82. The molecule has 2 atom stereocenters. The van der Waals surface area contributed by atoms with Crippen LogP contribution in [-0.4, -0.2) is 54.5 Å². The van der Waals surface area contributed by atoms with Gasteiger partial charge >= 0.3 is 0 Å². The summed E-state index contributed by atoms with van der Waals surface area (Å²) in [5, 5.41) is 5.52. The minimum atomic E-state index is -3.42. The van der Waals surface area contributed by atoms with Crippen LogP contribution in [0.4, 0.5) is 23.2 Å². The van der Waals surface area contributed by atoms with E-state index in [0.29, 0.717) is 44.5 Å². The van der Waals surface area contributed by atoms with Crippen molar-refractivity contribution in [2.45, 2.75) is 49.3 Å². The highest BCUT2D eigenvalue weighted by Gasteiger charge is 2.43. The van der Waals surface area contributed by atoms with Gasteiger partial charge < -0.3 is 10.6 Å². The summed E-state index contributed by atoms with van der Waals surface area (Å²) in [7, 11) is -3.42. The summed E-state index contributed by atoms with van der Waals surface area (Å²) < 4.78 is 84.0. The molecular formula is C29H30F4N4O3S. The second-order valence-corrected chi connectivity index (χ2v) is 12.6. The number of halogens is 4. The molecule has 12 heteroatoms. The third kappa shape index (κ3) is 6.94. The number of hydrogen-bond acceptors (Lipinski definition) is 5. The van der Waals surface area contributed by atoms with Crippen LogP contribution < -0.4 is 10.6 Å². The first kappa shape index (κ1) is 29.2. The number of nitrogens with one attached hydrogen (secondary N) is 2. The standard InChI is InChI=1S/C29H30F4N4O3S/c30-20-3-1-18(2-4-20)26(19-11-21(31)13-22(32)12-19)14-29(38)36-28-17-35-16-27(33)25(28)8-5-23-15-34-9-10-37(23)41(39,40)24-6-7-24/h1-4,11-13,16-17,23-24,26,34H,5-10,14-15H2,(H,36,38)/t23-,26?/m0/s1. The van der Waals surface area contributed by atoms with Crippen molar-refractivity contribution in [3.63, 3.8) is 0 Å². The first-order valence-corrected chi connectivity index (χ1v) is 15.0. The molecule has 1 aliphatic carbocycles. The van der Waals surface area contributed by atoms with Crippen LogP contribution in [-0.2, 0) is 21.2 Å². The number of carbonyl (C=O) groups excluding carboxylic acids is 1. The Morgan fingerprint density at radius 2 is 1.71 bits per heavy atom. The molecule has 2 fully saturated rings. The van der Waals surface area contributed by atoms with Crippen molar-refractivity contribution in [2.24, 2.45) is 0 Å². The average molecular weight is 591 g/mol. The highest BCUT2D eigenvalue weighted by Crippen LogP contribution is 2.34. The fourth-order valence-corrected chi connectivity index (χ4v) is 7.36. The van der Waals surface area contributed by atoms with E-state index >= 15 is 0 Å². The zero-order valence-corrected chi connectivity index (χ0v) is 22.9. The predicted molar refractivity (Wildman–Crippen MR) is 146 cm³/mol. The van der Waals surface area contributed by atoms with Crippen LogP contribution in [0.2, 0.25) is 0 Å². The smallest absolute Gasteiger partial charge is 0.225 e. The zero-order valence-electron chi connectivity index (χ0n) is 22.1. The molecule has 1 saturated carbocycles. The largest absolute Gasteiger partial charge is 0.324 e. The van der Waals surface area contributed by atoms with E-state index < -0.39 is 45.1 Å². The number of aromatic nitrogens is 1. The SMILES string of the molecule is O=C(CC(c1ccc(F)cc1)c1cc(F)cc(F)c1)Nc1cncc(F)c1CC[C@H]1CNCCN1S(=O)(=O)C1CC1. The number of anilines is 1. The van der Waals surface area contributed by atoms with Crippen molar-refractivity contribution in [1.82, 2.24) is 14.6 Å². The Balaban J connectivity index is 1.34. The van der Waals surface area contributed by atoms with Gasteiger partial charge in [0.05, 0.1) is 23.3 Å². The van der Waals surface area contributed by atoms with Crippen LogP contribution in [0.25, 0.3) is 0 Å². The lowest BCUT2D eigenvalue weighted by Crippen LogP contribution is -2.54. The van der Waals surface area contributed by atoms with Gasteiger partial charge in [-0.25, -0.2) is 26.0 Å². The summed E-state index contributed by atoms with van der Waals surface area (Å²) >= 11 is 0. The molecule has 0 bridgehead atoms. The summed E-state index contributed by atoms with van der Waals surface area (Å²) in [4.78, 5) is 17.1. The number of pyridine rings is 1. The maximum atomic E-state index is 15.0. The lowest BCUT2D eigenvalue weighted by molar-refractivity contribution is -0.116. The van der Waals surface area contributed by atoms with Crippen LogP contribution >= 0.6 is 0 Å². The summed E-state index contributed by atoms with van der Waals surface area (Å²) in [6.45, 7) is 1.32. The molecule has 1 saturated heterocycles. The molecule has 0 spiro atoms. The quantitative estimate of drug-likeness (QED) is 0.340. The first-order valence-electron chi connectivity index (χ1n) is 13.5. The fraction of sp³-hybridized carbons (Fsp3) is 0.379. The molecule has 0 radical (unpaired) electrons. The number of nitrogens with zero attached hydrogens (tertiary/aromatic N) is 2. The Morgan fingerprint density at radius 3 is 2.39 bits per heavy atom. The van der Waals surface area contributed by atoms with Gasteiger partial charge in [0.25, 0.3) is 0 Å². The number of amides is 1. The second kappa shape index (κ2) is 12.3. The second-order valence-electron chi connectivity index (χ2n) is 10.5. The highest BCUT2D eigenvalue weighted by atomic mass is 32.2. The Kier molecular flexibility index (Phi) is 8.71. The van der Waals surface area contributed by atoms with Gasteiger partial charge in [0.2, 0.25) is 15.9 Å². The van der Waals surface area contributed by atoms with E-state index in [0.717, 1.165) is 24.4 Å². The van der Waals surface area contributed by atoms with Crippen molar-refractivity contribution >= 4 is 21.6 Å². The average Bonchev–Trinajstić information content (AvgIpc) is 3.78. The molecule has 5 rings (SSSR count). The Morgan fingerprint density at radius 1 is 1.00 bits per heavy atom. The van der Waals surface area contributed by atoms with Crippen molar-refractivity contribution in [3.8, 4) is 0 Å². The highest BCUT2D eigenvalue weighted by molar-refractivity contribution is 7.90. The van der Waals surface area contributed by atoms with Gasteiger partial charge in [-0.2, -0.15) is 4.31 Å². The number of carbonyl (C=O) groups is 1. The first-order chi connectivity index (χ1) is 19.6. The van der Waals surface area contributed by atoms with Crippen molar-refractivity contribution in [3.05, 3.63) is 94.8 Å². The van der Waals surface area contributed by atoms with E-state index in [2.05, 4.69) is 15.6 Å². The van der Waals surface area contributed by atoms with E-state index in [4.69, 9.17) is 0 Å². The van der Waals surface area contributed by atoms with Crippen molar-refractivity contribution in [2.75, 3.05) is 25.0 Å². The zero-order chi connectivity index (χ0) is 29.1. The molecule has 218 valence electrons. The van der Waals surface area contributed by atoms with Gasteiger partial charge in [-0.15, -0.1) is 0 Å². The molecule has 2 N–H and O–H groups in total. The fourth-order valence-electron chi connectivity index (χ4n) is 5.30. The van der Waals surface area contributed by atoms with Crippen LogP contribution in [0.1, 0.15) is 48.3 Å². The molecule has 7 nitrogen and oxygen atoms in total. The maximum Gasteiger partial charge on any atom is 0.225 e. The predicted octanol–water partition coefficient (Wildman–Crippen LogP) is 4.50. The molecule has 2 heterocycles. The Hall–Kier alpha value is -3.35. The molecular weight excluding hydrogens is 560 g/mol. The van der Waals surface area contributed by atoms with E-state index in [-0.39, 0.29) is 40.9 Å². The summed E-state index contributed by atoms with van der Waals surface area (Å²) in [6, 6.07) is 7.83. The van der Waals surface area contributed by atoms with Gasteiger partial charge in [0.1, 0.15) is 23.3 Å². The van der Waals surface area contributed by atoms with Crippen molar-refractivity contribution < 1.29 is 30.8 Å². The number of piperazine rings is 1. The topological polar surface area (TPSA) is 91.4 Å². The van der Waals surface area contributed by atoms with Gasteiger partial charge in [-0.3, -0.25) is 9.78 Å². The third-order valence-corrected chi connectivity index (χ3v) is 9.97. The van der Waals surface area contributed by atoms with E-state index in [1.165, 1.54) is 34.8 Å². The lowest BCUT2D eigenvalue weighted by Gasteiger charge is -2.35. The monoisotopic (exact) mass is 590 g/mol. The van der Waals surface area contributed by atoms with Gasteiger partial charge in [-0.1, -0.05) is 12.1 Å². The van der Waals surface area contributed by atoms with Crippen LogP contribution in [0, 0.1) is 23.3 Å². The molecule has 3 aromatic rings. The Bertz CT molecular complexity index is 1500. The number of hydrogen-bond donors (Lipinski definition) is 2. The molecule has 1 amide bonds. The van der Waals surface area contributed by atoms with Gasteiger partial charge in [-0.05, 0) is 61.1 Å². The number of benzene rings is 2. The lowest BCUT2D eigenvalue weighted by atomic mass is 9.88. The third-order valence-electron chi connectivity index (χ3n) is 7.52. The minimum absolute atomic E-state index is 0.124. The van der Waals surface area contributed by atoms with Crippen LogP contribution in [0.5, 0.6) is 0 Å². The molecule has 1 unspecified atom stereocenters. The van der Waals surface area contributed by atoms with Crippen LogP contribution in [0.3, 0.4) is 0 Å². The molecule has 41 heavy (non-hydrogen) atoms. The molecule has 1 aliphatic heterocycles. The van der Waals surface area contributed by atoms with Crippen molar-refractivity contribution in [1.29, 1.82) is 0 Å². The van der Waals surface area contributed by atoms with E-state index in [1.54, 1.807) is 0 Å². The normalized spacial score (nSPS) is 18.7. The van der Waals surface area contributed by atoms with E-state index in [1.807, 2.05) is 0 Å². The molecule has 1 aromatic heterocycles. The number of sulfonamides is 1. The maximum absolute atomic E-state index is 15.0. The van der Waals surface area contributed by atoms with Gasteiger partial charge in [0, 0.05) is 49.6 Å². The number of rotatable bonds is 10. The molecule has 2 aliphatic rings. The summed E-state index contributed by atoms with van der Waals surface area (Å²) in [5.74, 6) is -4.19. The van der Waals surface area contributed by atoms with Gasteiger partial charge in [0.15, 0.2) is 0 Å². The summed E-state index contributed by atoms with van der Waals surface area (Å²) in [5.41, 5.74) is 0.950. The van der Waals surface area contributed by atoms with E-state index in [9.17, 15) is 30.8 Å². The van der Waals surface area contributed by atoms with Crippen LogP contribution in [0.15, 0.2) is 54.9 Å². The minimum Gasteiger partial charge on any atom is -0.324 e. The Labute approximate surface area is 236 Å². The molecule has 2 aromatic carbocycles.